The van der Waals surface area contributed by atoms with Gasteiger partial charge in [-0.3, -0.25) is 4.79 Å². The lowest BCUT2D eigenvalue weighted by Gasteiger charge is -2.32. The molecule has 0 N–H and O–H groups in total. The Bertz CT molecular complexity index is 702. The van der Waals surface area contributed by atoms with Crippen molar-refractivity contribution in [2.45, 2.75) is 32.4 Å². The molecule has 1 saturated heterocycles. The summed E-state index contributed by atoms with van der Waals surface area (Å²) in [6.45, 7) is 3.42. The lowest BCUT2D eigenvalue weighted by molar-refractivity contribution is -0.137. The van der Waals surface area contributed by atoms with E-state index in [-0.39, 0.29) is 29.4 Å². The molecule has 2 heterocycles. The van der Waals surface area contributed by atoms with Gasteiger partial charge in [-0.1, -0.05) is 25.1 Å². The van der Waals surface area contributed by atoms with E-state index in [1.54, 1.807) is 0 Å². The lowest BCUT2D eigenvalue weighted by Crippen LogP contribution is -2.46. The molecule has 0 bridgehead atoms. The maximum Gasteiger partial charge on any atom is 0.227 e. The van der Waals surface area contributed by atoms with E-state index in [1.165, 1.54) is 0 Å². The summed E-state index contributed by atoms with van der Waals surface area (Å²) >= 11 is 0. The zero-order valence-electron chi connectivity index (χ0n) is 13.7. The Morgan fingerprint density at radius 3 is 2.70 bits per heavy atom. The molecule has 5 nitrogen and oxygen atoms in total. The third-order valence-corrected chi connectivity index (χ3v) is 6.77. The Morgan fingerprint density at radius 1 is 1.30 bits per heavy atom. The Kier molecular flexibility index (Phi) is 4.36. The smallest absolute Gasteiger partial charge is 0.227 e. The third kappa shape index (κ3) is 3.22. The van der Waals surface area contributed by atoms with Crippen molar-refractivity contribution in [3.8, 4) is 0 Å². The molecule has 1 amide bonds. The van der Waals surface area contributed by atoms with E-state index in [2.05, 4.69) is 31.0 Å². The Hall–Kier alpha value is -1.56. The van der Waals surface area contributed by atoms with Crippen molar-refractivity contribution in [3.05, 3.63) is 29.8 Å². The first-order valence-corrected chi connectivity index (χ1v) is 10.0. The predicted octanol–water partition coefficient (Wildman–Crippen LogP) is 1.68. The third-order valence-electron chi connectivity index (χ3n) is 5.00. The van der Waals surface area contributed by atoms with Crippen LogP contribution in [0.5, 0.6) is 0 Å². The molecule has 2 aliphatic heterocycles. The van der Waals surface area contributed by atoms with Gasteiger partial charge in [-0.15, -0.1) is 0 Å². The minimum atomic E-state index is -3.04. The minimum Gasteiger partial charge on any atom is -0.372 e. The number of hydrogen-bond donors (Lipinski definition) is 0. The molecule has 2 atom stereocenters. The van der Waals surface area contributed by atoms with E-state index in [4.69, 9.17) is 0 Å². The van der Waals surface area contributed by atoms with Crippen molar-refractivity contribution in [2.24, 2.45) is 5.92 Å². The van der Waals surface area contributed by atoms with Crippen molar-refractivity contribution in [1.29, 1.82) is 0 Å². The molecule has 1 aromatic carbocycles. The van der Waals surface area contributed by atoms with E-state index in [9.17, 15) is 13.2 Å². The van der Waals surface area contributed by atoms with Crippen LogP contribution in [-0.2, 0) is 21.2 Å². The minimum absolute atomic E-state index is 0.00280. The van der Waals surface area contributed by atoms with Gasteiger partial charge in [0, 0.05) is 31.9 Å². The molecule has 0 aromatic heterocycles. The first-order chi connectivity index (χ1) is 10.9. The van der Waals surface area contributed by atoms with E-state index in [1.807, 2.05) is 17.0 Å². The second kappa shape index (κ2) is 6.15. The molecule has 0 saturated carbocycles. The summed E-state index contributed by atoms with van der Waals surface area (Å²) in [6, 6.07) is 8.24. The predicted molar refractivity (Wildman–Crippen MR) is 91.1 cm³/mol. The van der Waals surface area contributed by atoms with Crippen molar-refractivity contribution < 1.29 is 13.2 Å². The first-order valence-electron chi connectivity index (χ1n) is 8.21. The van der Waals surface area contributed by atoms with E-state index in [0.717, 1.165) is 24.2 Å². The molecule has 23 heavy (non-hydrogen) atoms. The van der Waals surface area contributed by atoms with Gasteiger partial charge in [-0.05, 0) is 24.5 Å². The van der Waals surface area contributed by atoms with Gasteiger partial charge in [-0.2, -0.15) is 0 Å². The summed E-state index contributed by atoms with van der Waals surface area (Å²) < 4.78 is 23.4. The van der Waals surface area contributed by atoms with Crippen molar-refractivity contribution in [1.82, 2.24) is 4.90 Å². The zero-order chi connectivity index (χ0) is 16.6. The molecule has 126 valence electrons. The zero-order valence-corrected chi connectivity index (χ0v) is 14.6. The fourth-order valence-corrected chi connectivity index (χ4v) is 5.41. The first kappa shape index (κ1) is 16.3. The number of hydrogen-bond acceptors (Lipinski definition) is 4. The van der Waals surface area contributed by atoms with Crippen LogP contribution in [0.3, 0.4) is 0 Å². The maximum absolute atomic E-state index is 13.0. The molecular weight excluding hydrogens is 312 g/mol. The number of benzene rings is 1. The number of amides is 1. The molecule has 0 radical (unpaired) electrons. The number of likely N-dealkylation sites (N-methyl/N-ethyl adjacent to an activating group) is 1. The highest BCUT2D eigenvalue weighted by atomic mass is 32.2. The van der Waals surface area contributed by atoms with Gasteiger partial charge >= 0.3 is 0 Å². The van der Waals surface area contributed by atoms with Gasteiger partial charge in [-0.25, -0.2) is 8.42 Å². The molecule has 1 aromatic rings. The second-order valence-corrected chi connectivity index (χ2v) is 8.87. The quantitative estimate of drug-likeness (QED) is 0.824. The van der Waals surface area contributed by atoms with Crippen LogP contribution in [0.1, 0.15) is 25.3 Å². The average molecular weight is 336 g/mol. The molecule has 6 heteroatoms. The van der Waals surface area contributed by atoms with Crippen LogP contribution < -0.4 is 4.90 Å². The highest BCUT2D eigenvalue weighted by Crippen LogP contribution is 2.30. The van der Waals surface area contributed by atoms with Crippen molar-refractivity contribution in [2.75, 3.05) is 30.0 Å². The summed E-state index contributed by atoms with van der Waals surface area (Å²) in [5.41, 5.74) is 2.28. The van der Waals surface area contributed by atoms with Gasteiger partial charge in [0.25, 0.3) is 0 Å². The Labute approximate surface area is 138 Å². The standard InChI is InChI=1S/C17H24N2O3S/c1-3-15-11-18(2)16-7-5-4-6-13(16)10-19(15)17(20)14-8-9-23(21,22)12-14/h4-7,14-15H,3,8-12H2,1-2H3/t14-,15-/m1/s1. The van der Waals surface area contributed by atoms with Gasteiger partial charge < -0.3 is 9.80 Å². The van der Waals surface area contributed by atoms with Crippen LogP contribution in [0.15, 0.2) is 24.3 Å². The summed E-state index contributed by atoms with van der Waals surface area (Å²) in [6.07, 6.45) is 1.33. The van der Waals surface area contributed by atoms with Gasteiger partial charge in [0.1, 0.15) is 0 Å². The normalized spacial score (nSPS) is 26.7. The maximum atomic E-state index is 13.0. The molecule has 3 rings (SSSR count). The number of fused-ring (bicyclic) bond motifs is 1. The second-order valence-electron chi connectivity index (χ2n) is 6.64. The fourth-order valence-electron chi connectivity index (χ4n) is 3.67. The lowest BCUT2D eigenvalue weighted by atomic mass is 10.0. The highest BCUT2D eigenvalue weighted by Gasteiger charge is 2.38. The molecular formula is C17H24N2O3S. The van der Waals surface area contributed by atoms with Crippen LogP contribution in [0.2, 0.25) is 0 Å². The molecule has 0 spiro atoms. The number of nitrogens with zero attached hydrogens (tertiary/aromatic N) is 2. The monoisotopic (exact) mass is 336 g/mol. The number of anilines is 1. The fraction of sp³-hybridized carbons (Fsp3) is 0.588. The van der Waals surface area contributed by atoms with Gasteiger partial charge in [0.2, 0.25) is 5.91 Å². The summed E-state index contributed by atoms with van der Waals surface area (Å²) in [5, 5.41) is 0. The van der Waals surface area contributed by atoms with Crippen LogP contribution >= 0.6 is 0 Å². The molecule has 0 unspecified atom stereocenters. The highest BCUT2D eigenvalue weighted by molar-refractivity contribution is 7.91. The SMILES string of the molecule is CC[C@@H]1CN(C)c2ccccc2CN1C(=O)[C@@H]1CCS(=O)(=O)C1. The Balaban J connectivity index is 1.89. The van der Waals surface area contributed by atoms with Crippen LogP contribution in [0, 0.1) is 5.92 Å². The summed E-state index contributed by atoms with van der Waals surface area (Å²) in [5.74, 6) is -0.214. The summed E-state index contributed by atoms with van der Waals surface area (Å²) in [7, 11) is -0.991. The number of rotatable bonds is 2. The topological polar surface area (TPSA) is 57.7 Å². The van der Waals surface area contributed by atoms with Crippen LogP contribution in [0.4, 0.5) is 5.69 Å². The molecule has 2 aliphatic rings. The van der Waals surface area contributed by atoms with E-state index in [0.29, 0.717) is 13.0 Å². The average Bonchev–Trinajstić information content (AvgIpc) is 2.82. The number of sulfone groups is 1. The molecule has 0 aliphatic carbocycles. The number of para-hydroxylation sites is 1. The van der Waals surface area contributed by atoms with E-state index >= 15 is 0 Å². The largest absolute Gasteiger partial charge is 0.372 e. The number of carbonyl (C=O) groups is 1. The summed E-state index contributed by atoms with van der Waals surface area (Å²) in [4.78, 5) is 17.1. The number of carbonyl (C=O) groups excluding carboxylic acids is 1. The van der Waals surface area contributed by atoms with Gasteiger partial charge in [0.15, 0.2) is 9.84 Å². The van der Waals surface area contributed by atoms with Crippen LogP contribution in [0.25, 0.3) is 0 Å². The van der Waals surface area contributed by atoms with Crippen LogP contribution in [-0.4, -0.2) is 50.4 Å². The van der Waals surface area contributed by atoms with Gasteiger partial charge in [0.05, 0.1) is 17.4 Å². The Morgan fingerprint density at radius 2 is 2.04 bits per heavy atom. The van der Waals surface area contributed by atoms with Crippen molar-refractivity contribution >= 4 is 21.4 Å². The van der Waals surface area contributed by atoms with Crippen molar-refractivity contribution in [3.63, 3.8) is 0 Å². The van der Waals surface area contributed by atoms with E-state index < -0.39 is 9.84 Å². The molecule has 1 fully saturated rings.